The van der Waals surface area contributed by atoms with E-state index in [1.807, 2.05) is 4.90 Å². The quantitative estimate of drug-likeness (QED) is 0.678. The monoisotopic (exact) mass is 338 g/mol. The molecule has 0 aromatic heterocycles. The van der Waals surface area contributed by atoms with Crippen molar-refractivity contribution in [2.24, 2.45) is 0 Å². The molecule has 1 aliphatic carbocycles. The molecular formula is C16H16F2N2O2S. The number of ether oxygens (including phenoxy) is 1. The lowest BCUT2D eigenvalue weighted by molar-refractivity contribution is -0.136. The molecule has 0 bridgehead atoms. The minimum absolute atomic E-state index is 0.178. The fourth-order valence-electron chi connectivity index (χ4n) is 2.91. The zero-order valence-electron chi connectivity index (χ0n) is 12.7. The van der Waals surface area contributed by atoms with Gasteiger partial charge in [-0.2, -0.15) is 0 Å². The minimum atomic E-state index is -1.01. The minimum Gasteiger partial charge on any atom is -0.466 e. The molecule has 0 radical (unpaired) electrons. The number of halogens is 2. The van der Waals surface area contributed by atoms with Crippen LogP contribution in [0, 0.1) is 11.6 Å². The molecule has 1 heterocycles. The number of thiocarbonyl (C=S) groups is 1. The number of hydrogen-bond acceptors (Lipinski definition) is 3. The number of esters is 1. The number of benzene rings is 1. The molecule has 0 unspecified atom stereocenters. The fourth-order valence-corrected chi connectivity index (χ4v) is 3.31. The normalized spacial score (nSPS) is 21.3. The number of hydrogen-bond donors (Lipinski definition) is 1. The molecule has 2 aliphatic rings. The summed E-state index contributed by atoms with van der Waals surface area (Å²) in [5, 5.41) is 3.27. The summed E-state index contributed by atoms with van der Waals surface area (Å²) in [6, 6.07) is 2.80. The smallest absolute Gasteiger partial charge is 0.337 e. The molecule has 1 aliphatic heterocycles. The lowest BCUT2D eigenvalue weighted by Gasteiger charge is -2.37. The van der Waals surface area contributed by atoms with Crippen molar-refractivity contribution in [1.82, 2.24) is 10.2 Å². The molecule has 1 aromatic rings. The van der Waals surface area contributed by atoms with Gasteiger partial charge in [0, 0.05) is 11.7 Å². The van der Waals surface area contributed by atoms with Gasteiger partial charge in [0.2, 0.25) is 0 Å². The molecule has 1 atom stereocenters. The second kappa shape index (κ2) is 5.88. The van der Waals surface area contributed by atoms with Crippen LogP contribution in [0.5, 0.6) is 0 Å². The van der Waals surface area contributed by atoms with Crippen molar-refractivity contribution in [3.05, 3.63) is 46.7 Å². The van der Waals surface area contributed by atoms with Crippen LogP contribution in [0.3, 0.4) is 0 Å². The Labute approximate surface area is 138 Å². The van der Waals surface area contributed by atoms with Crippen molar-refractivity contribution in [2.75, 3.05) is 7.11 Å². The number of rotatable bonds is 3. The van der Waals surface area contributed by atoms with Crippen LogP contribution in [0.15, 0.2) is 29.5 Å². The van der Waals surface area contributed by atoms with Crippen LogP contribution < -0.4 is 5.32 Å². The number of nitrogens with zero attached hydrogens (tertiary/aromatic N) is 1. The molecule has 1 saturated carbocycles. The van der Waals surface area contributed by atoms with Gasteiger partial charge in [-0.25, -0.2) is 13.6 Å². The highest BCUT2D eigenvalue weighted by atomic mass is 32.1. The Morgan fingerprint density at radius 2 is 1.96 bits per heavy atom. The van der Waals surface area contributed by atoms with Crippen molar-refractivity contribution >= 4 is 23.3 Å². The molecule has 1 fully saturated rings. The maximum absolute atomic E-state index is 14.2. The van der Waals surface area contributed by atoms with Gasteiger partial charge in [0.25, 0.3) is 0 Å². The van der Waals surface area contributed by atoms with E-state index >= 15 is 0 Å². The average Bonchev–Trinajstić information content (AvgIpc) is 3.31. The van der Waals surface area contributed by atoms with Gasteiger partial charge < -0.3 is 15.0 Å². The van der Waals surface area contributed by atoms with Gasteiger partial charge in [-0.1, -0.05) is 6.07 Å². The van der Waals surface area contributed by atoms with Gasteiger partial charge in [-0.3, -0.25) is 0 Å². The van der Waals surface area contributed by atoms with E-state index < -0.39 is 23.6 Å². The van der Waals surface area contributed by atoms with E-state index in [0.29, 0.717) is 10.8 Å². The molecule has 1 N–H and O–H groups in total. The van der Waals surface area contributed by atoms with Crippen LogP contribution in [0.2, 0.25) is 0 Å². The average molecular weight is 338 g/mol. The van der Waals surface area contributed by atoms with Crippen molar-refractivity contribution in [1.29, 1.82) is 0 Å². The molecule has 0 amide bonds. The zero-order chi connectivity index (χ0) is 16.7. The number of nitrogens with one attached hydrogen (secondary N) is 1. The highest BCUT2D eigenvalue weighted by molar-refractivity contribution is 7.80. The predicted molar refractivity (Wildman–Crippen MR) is 84.4 cm³/mol. The molecule has 1 aromatic carbocycles. The Bertz CT molecular complexity index is 696. The van der Waals surface area contributed by atoms with Gasteiger partial charge in [0.1, 0.15) is 11.6 Å². The van der Waals surface area contributed by atoms with Crippen LogP contribution in [0.4, 0.5) is 8.78 Å². The van der Waals surface area contributed by atoms with Crippen LogP contribution in [0.1, 0.15) is 31.4 Å². The summed E-state index contributed by atoms with van der Waals surface area (Å²) in [7, 11) is 1.24. The first-order valence-electron chi connectivity index (χ1n) is 7.28. The molecular weight excluding hydrogens is 322 g/mol. The molecule has 23 heavy (non-hydrogen) atoms. The maximum Gasteiger partial charge on any atom is 0.337 e. The third-order valence-corrected chi connectivity index (χ3v) is 4.45. The van der Waals surface area contributed by atoms with Gasteiger partial charge in [-0.05, 0) is 44.1 Å². The number of methoxy groups -OCH3 is 1. The van der Waals surface area contributed by atoms with Crippen LogP contribution in [-0.4, -0.2) is 29.1 Å². The zero-order valence-corrected chi connectivity index (χ0v) is 13.5. The van der Waals surface area contributed by atoms with Gasteiger partial charge in [-0.15, -0.1) is 0 Å². The molecule has 0 saturated heterocycles. The largest absolute Gasteiger partial charge is 0.466 e. The standard InChI is InChI=1S/C16H16F2N2O2S/c1-8-12(15(21)22-2)14(13-10(17)4-3-5-11(13)18)19-16(23)20(8)9-6-7-9/h3-5,9,14H,6-7H2,1-2H3,(H,19,23)/t14-/m0/s1. The first kappa shape index (κ1) is 15.9. The Kier molecular flexibility index (Phi) is 4.06. The lowest BCUT2D eigenvalue weighted by atomic mass is 9.94. The lowest BCUT2D eigenvalue weighted by Crippen LogP contribution is -2.49. The Hall–Kier alpha value is -2.02. The topological polar surface area (TPSA) is 41.6 Å². The summed E-state index contributed by atoms with van der Waals surface area (Å²) >= 11 is 5.34. The number of carbonyl (C=O) groups excluding carboxylic acids is 1. The molecule has 7 heteroatoms. The van der Waals surface area contributed by atoms with E-state index in [4.69, 9.17) is 17.0 Å². The molecule has 122 valence electrons. The first-order valence-corrected chi connectivity index (χ1v) is 7.69. The summed E-state index contributed by atoms with van der Waals surface area (Å²) in [6.07, 6.45) is 1.93. The summed E-state index contributed by atoms with van der Waals surface area (Å²) in [6.45, 7) is 1.73. The third-order valence-electron chi connectivity index (χ3n) is 4.13. The van der Waals surface area contributed by atoms with Crippen molar-refractivity contribution in [3.63, 3.8) is 0 Å². The van der Waals surface area contributed by atoms with Gasteiger partial charge in [0.05, 0.1) is 24.3 Å². The van der Waals surface area contributed by atoms with E-state index in [9.17, 15) is 13.6 Å². The van der Waals surface area contributed by atoms with Crippen LogP contribution in [-0.2, 0) is 9.53 Å². The molecule has 3 rings (SSSR count). The van der Waals surface area contributed by atoms with Gasteiger partial charge >= 0.3 is 5.97 Å². The first-order chi connectivity index (χ1) is 11.0. The van der Waals surface area contributed by atoms with Gasteiger partial charge in [0.15, 0.2) is 5.11 Å². The molecule has 4 nitrogen and oxygen atoms in total. The van der Waals surface area contributed by atoms with Crippen LogP contribution >= 0.6 is 12.2 Å². The predicted octanol–water partition coefficient (Wildman–Crippen LogP) is 2.81. The van der Waals surface area contributed by atoms with Crippen molar-refractivity contribution in [2.45, 2.75) is 31.8 Å². The van der Waals surface area contributed by atoms with Crippen molar-refractivity contribution < 1.29 is 18.3 Å². The van der Waals surface area contributed by atoms with E-state index in [2.05, 4.69) is 5.32 Å². The highest BCUT2D eigenvalue weighted by Crippen LogP contribution is 2.39. The van der Waals surface area contributed by atoms with E-state index in [-0.39, 0.29) is 17.2 Å². The molecule has 0 spiro atoms. The van der Waals surface area contributed by atoms with E-state index in [0.717, 1.165) is 25.0 Å². The summed E-state index contributed by atoms with van der Waals surface area (Å²) in [5.41, 5.74) is 0.526. The second-order valence-electron chi connectivity index (χ2n) is 5.61. The van der Waals surface area contributed by atoms with Crippen LogP contribution in [0.25, 0.3) is 0 Å². The Morgan fingerprint density at radius 1 is 1.35 bits per heavy atom. The summed E-state index contributed by atoms with van der Waals surface area (Å²) < 4.78 is 33.2. The van der Waals surface area contributed by atoms with E-state index in [1.54, 1.807) is 6.92 Å². The van der Waals surface area contributed by atoms with E-state index in [1.165, 1.54) is 13.2 Å². The second-order valence-corrected chi connectivity index (χ2v) is 6.00. The highest BCUT2D eigenvalue weighted by Gasteiger charge is 2.42. The van der Waals surface area contributed by atoms with Crippen molar-refractivity contribution in [3.8, 4) is 0 Å². The fraction of sp³-hybridized carbons (Fsp3) is 0.375. The number of carbonyl (C=O) groups is 1. The maximum atomic E-state index is 14.2. The Balaban J connectivity index is 2.15. The summed E-state index contributed by atoms with van der Waals surface area (Å²) in [4.78, 5) is 14.1. The summed E-state index contributed by atoms with van der Waals surface area (Å²) in [5.74, 6) is -2.10. The SMILES string of the molecule is COC(=O)C1=C(C)N(C2CC2)C(=S)N[C@@H]1c1c(F)cccc1F. The third kappa shape index (κ3) is 2.69. The number of allylic oxidation sites excluding steroid dienone is 1. The Morgan fingerprint density at radius 3 is 2.48 bits per heavy atom.